The monoisotopic (exact) mass is 255 g/mol. The third-order valence-electron chi connectivity index (χ3n) is 2.64. The number of hydrogen-bond acceptors (Lipinski definition) is 2. The molecule has 0 fully saturated rings. The van der Waals surface area contributed by atoms with E-state index in [1.807, 2.05) is 13.0 Å². The molecule has 6 heteroatoms. The molecule has 0 spiro atoms. The molecular formula is C12H12F3N3. The van der Waals surface area contributed by atoms with Crippen molar-refractivity contribution >= 4 is 5.69 Å². The molecule has 96 valence electrons. The second-order valence-electron chi connectivity index (χ2n) is 4.08. The lowest BCUT2D eigenvalue weighted by atomic mass is 10.1. The second kappa shape index (κ2) is 4.36. The van der Waals surface area contributed by atoms with Gasteiger partial charge in [-0.3, -0.25) is 4.68 Å². The number of aromatic nitrogens is 2. The number of hydrogen-bond donors (Lipinski definition) is 1. The summed E-state index contributed by atoms with van der Waals surface area (Å²) in [5, 5.41) is 3.50. The summed E-state index contributed by atoms with van der Waals surface area (Å²) in [5.41, 5.74) is 7.16. The van der Waals surface area contributed by atoms with Gasteiger partial charge in [-0.25, -0.2) is 0 Å². The zero-order valence-corrected chi connectivity index (χ0v) is 9.70. The molecule has 0 bridgehead atoms. The van der Waals surface area contributed by atoms with E-state index >= 15 is 0 Å². The molecular weight excluding hydrogens is 243 g/mol. The summed E-state index contributed by atoms with van der Waals surface area (Å²) in [6.07, 6.45) is -3.10. The Hall–Kier alpha value is -1.98. The molecule has 1 aromatic carbocycles. The number of nitrogens with zero attached hydrogens (tertiary/aromatic N) is 2. The van der Waals surface area contributed by atoms with E-state index in [0.29, 0.717) is 5.69 Å². The fourth-order valence-electron chi connectivity index (χ4n) is 1.64. The Morgan fingerprint density at radius 2 is 2.00 bits per heavy atom. The van der Waals surface area contributed by atoms with Gasteiger partial charge in [0.2, 0.25) is 0 Å². The largest absolute Gasteiger partial charge is 0.435 e. The second-order valence-corrected chi connectivity index (χ2v) is 4.08. The Bertz CT molecular complexity index is 558. The van der Waals surface area contributed by atoms with Crippen molar-refractivity contribution in [3.05, 3.63) is 47.3 Å². The number of nitrogens with two attached hydrogens (primary N) is 1. The van der Waals surface area contributed by atoms with E-state index in [9.17, 15) is 13.2 Å². The van der Waals surface area contributed by atoms with Crippen molar-refractivity contribution in [2.24, 2.45) is 0 Å². The zero-order valence-electron chi connectivity index (χ0n) is 9.70. The summed E-state index contributed by atoms with van der Waals surface area (Å²) >= 11 is 0. The number of alkyl halides is 3. The molecule has 0 atom stereocenters. The van der Waals surface area contributed by atoms with Crippen LogP contribution in [0.3, 0.4) is 0 Å². The van der Waals surface area contributed by atoms with Gasteiger partial charge in [0.25, 0.3) is 0 Å². The molecule has 2 aromatic rings. The van der Waals surface area contributed by atoms with Gasteiger partial charge in [0.05, 0.1) is 6.54 Å². The van der Waals surface area contributed by atoms with Crippen LogP contribution in [0.4, 0.5) is 18.9 Å². The van der Waals surface area contributed by atoms with Gasteiger partial charge in [-0.05, 0) is 36.2 Å². The van der Waals surface area contributed by atoms with E-state index in [1.165, 1.54) is 10.9 Å². The van der Waals surface area contributed by atoms with Crippen LogP contribution in [0.1, 0.15) is 16.8 Å². The molecule has 0 saturated heterocycles. The number of nitrogen functional groups attached to an aromatic ring is 1. The van der Waals surface area contributed by atoms with E-state index < -0.39 is 11.9 Å². The Morgan fingerprint density at radius 3 is 2.61 bits per heavy atom. The molecule has 2 rings (SSSR count). The van der Waals surface area contributed by atoms with Gasteiger partial charge in [0.1, 0.15) is 0 Å². The molecule has 0 aliphatic rings. The van der Waals surface area contributed by atoms with E-state index in [1.54, 1.807) is 12.1 Å². The fraction of sp³-hybridized carbons (Fsp3) is 0.250. The van der Waals surface area contributed by atoms with Crippen LogP contribution in [0.15, 0.2) is 30.5 Å². The summed E-state index contributed by atoms with van der Waals surface area (Å²) in [6, 6.07) is 6.29. The van der Waals surface area contributed by atoms with Gasteiger partial charge in [-0.15, -0.1) is 0 Å². The van der Waals surface area contributed by atoms with E-state index in [2.05, 4.69) is 5.10 Å². The zero-order chi connectivity index (χ0) is 13.3. The van der Waals surface area contributed by atoms with E-state index in [-0.39, 0.29) is 6.54 Å². The smallest absolute Gasteiger partial charge is 0.399 e. The number of halogens is 3. The summed E-state index contributed by atoms with van der Waals surface area (Å²) in [6.45, 7) is 2.15. The van der Waals surface area contributed by atoms with Gasteiger partial charge in [0, 0.05) is 11.9 Å². The molecule has 0 amide bonds. The fourth-order valence-corrected chi connectivity index (χ4v) is 1.64. The Morgan fingerprint density at radius 1 is 1.28 bits per heavy atom. The van der Waals surface area contributed by atoms with Crippen molar-refractivity contribution in [2.45, 2.75) is 19.6 Å². The van der Waals surface area contributed by atoms with Crippen LogP contribution in [0.5, 0.6) is 0 Å². The molecule has 0 radical (unpaired) electrons. The number of aryl methyl sites for hydroxylation is 1. The first-order valence-electron chi connectivity index (χ1n) is 5.32. The highest BCUT2D eigenvalue weighted by Gasteiger charge is 2.33. The molecule has 0 aliphatic heterocycles. The van der Waals surface area contributed by atoms with Crippen molar-refractivity contribution in [1.82, 2.24) is 9.78 Å². The van der Waals surface area contributed by atoms with Gasteiger partial charge >= 0.3 is 6.18 Å². The molecule has 2 N–H and O–H groups in total. The highest BCUT2D eigenvalue weighted by molar-refractivity contribution is 5.44. The first-order valence-corrected chi connectivity index (χ1v) is 5.32. The summed E-state index contributed by atoms with van der Waals surface area (Å²) < 4.78 is 38.4. The minimum Gasteiger partial charge on any atom is -0.399 e. The standard InChI is InChI=1S/C12H12F3N3/c1-8-2-3-10(16)6-9(8)7-18-5-4-11(17-18)12(13,14)15/h2-6H,7,16H2,1H3. The minimum absolute atomic E-state index is 0.271. The van der Waals surface area contributed by atoms with Crippen LogP contribution in [-0.4, -0.2) is 9.78 Å². The van der Waals surface area contributed by atoms with Crippen LogP contribution in [0.25, 0.3) is 0 Å². The average Bonchev–Trinajstić information content (AvgIpc) is 2.71. The molecule has 3 nitrogen and oxygen atoms in total. The Labute approximate surface area is 102 Å². The normalized spacial score (nSPS) is 11.8. The van der Waals surface area contributed by atoms with Gasteiger partial charge in [-0.1, -0.05) is 6.07 Å². The predicted molar refractivity (Wildman–Crippen MR) is 61.9 cm³/mol. The molecule has 18 heavy (non-hydrogen) atoms. The van der Waals surface area contributed by atoms with Crippen molar-refractivity contribution < 1.29 is 13.2 Å². The van der Waals surface area contributed by atoms with Crippen LogP contribution in [0.2, 0.25) is 0 Å². The van der Waals surface area contributed by atoms with Crippen molar-refractivity contribution in [3.8, 4) is 0 Å². The quantitative estimate of drug-likeness (QED) is 0.838. The lowest BCUT2D eigenvalue weighted by molar-refractivity contribution is -0.141. The Kier molecular flexibility index (Phi) is 3.02. The van der Waals surface area contributed by atoms with Gasteiger partial charge < -0.3 is 5.73 Å². The van der Waals surface area contributed by atoms with Crippen molar-refractivity contribution in [1.29, 1.82) is 0 Å². The van der Waals surface area contributed by atoms with Crippen LogP contribution in [-0.2, 0) is 12.7 Å². The minimum atomic E-state index is -4.41. The molecule has 1 heterocycles. The number of benzene rings is 1. The number of anilines is 1. The van der Waals surface area contributed by atoms with Crippen LogP contribution >= 0.6 is 0 Å². The lowest BCUT2D eigenvalue weighted by Gasteiger charge is -2.07. The molecule has 0 aliphatic carbocycles. The highest BCUT2D eigenvalue weighted by atomic mass is 19.4. The predicted octanol–water partition coefficient (Wildman–Crippen LogP) is 2.84. The van der Waals surface area contributed by atoms with Gasteiger partial charge in [-0.2, -0.15) is 18.3 Å². The first-order chi connectivity index (χ1) is 8.36. The summed E-state index contributed by atoms with van der Waals surface area (Å²) in [4.78, 5) is 0. The maximum Gasteiger partial charge on any atom is 0.435 e. The first kappa shape index (κ1) is 12.5. The summed E-state index contributed by atoms with van der Waals surface area (Å²) in [5.74, 6) is 0. The van der Waals surface area contributed by atoms with Crippen molar-refractivity contribution in [3.63, 3.8) is 0 Å². The topological polar surface area (TPSA) is 43.8 Å². The van der Waals surface area contributed by atoms with E-state index in [0.717, 1.165) is 17.2 Å². The number of rotatable bonds is 2. The van der Waals surface area contributed by atoms with Gasteiger partial charge in [0.15, 0.2) is 5.69 Å². The highest BCUT2D eigenvalue weighted by Crippen LogP contribution is 2.27. The third-order valence-corrected chi connectivity index (χ3v) is 2.64. The SMILES string of the molecule is Cc1ccc(N)cc1Cn1ccc(C(F)(F)F)n1. The molecule has 0 unspecified atom stereocenters. The lowest BCUT2D eigenvalue weighted by Crippen LogP contribution is -2.09. The average molecular weight is 255 g/mol. The molecule has 0 saturated carbocycles. The maximum absolute atomic E-state index is 12.4. The third kappa shape index (κ3) is 2.64. The summed E-state index contributed by atoms with van der Waals surface area (Å²) in [7, 11) is 0. The Balaban J connectivity index is 2.24. The van der Waals surface area contributed by atoms with E-state index in [4.69, 9.17) is 5.73 Å². The molecule has 1 aromatic heterocycles. The van der Waals surface area contributed by atoms with Crippen molar-refractivity contribution in [2.75, 3.05) is 5.73 Å². The van der Waals surface area contributed by atoms with Crippen LogP contribution in [0, 0.1) is 6.92 Å². The van der Waals surface area contributed by atoms with Crippen LogP contribution < -0.4 is 5.73 Å². The maximum atomic E-state index is 12.4.